The molecule has 1 aromatic carbocycles. The minimum Gasteiger partial charge on any atom is -0.453 e. The first-order chi connectivity index (χ1) is 8.19. The van der Waals surface area contributed by atoms with E-state index in [1.165, 1.54) is 0 Å². The Kier molecular flexibility index (Phi) is 4.00. The lowest BCUT2D eigenvalue weighted by Crippen LogP contribution is -2.32. The molecular formula is C12H13F2NO3. The van der Waals surface area contributed by atoms with E-state index in [9.17, 15) is 18.4 Å². The lowest BCUT2D eigenvalue weighted by molar-refractivity contribution is -0.161. The fourth-order valence-electron chi connectivity index (χ4n) is 1.09. The number of carbonyl (C=O) groups excluding carboxylic acids is 2. The number of carbonyl (C=O) groups is 2. The van der Waals surface area contributed by atoms with Crippen LogP contribution in [-0.2, 0) is 14.3 Å². The first kappa shape index (κ1) is 14.1. The molecule has 0 aromatic heterocycles. The van der Waals surface area contributed by atoms with Gasteiger partial charge in [-0.25, -0.2) is 13.6 Å². The number of nitrogens with one attached hydrogen (secondary N) is 1. The molecule has 0 radical (unpaired) electrons. The summed E-state index contributed by atoms with van der Waals surface area (Å²) in [4.78, 5) is 22.7. The third kappa shape index (κ3) is 4.12. The zero-order valence-electron chi connectivity index (χ0n) is 10.2. The van der Waals surface area contributed by atoms with Gasteiger partial charge in [0.1, 0.15) is 17.2 Å². The Labute approximate surface area is 103 Å². The highest BCUT2D eigenvalue weighted by Crippen LogP contribution is 2.15. The highest BCUT2D eigenvalue weighted by atomic mass is 19.1. The molecule has 4 nitrogen and oxygen atoms in total. The van der Waals surface area contributed by atoms with Crippen molar-refractivity contribution >= 4 is 17.6 Å². The molecule has 0 aliphatic heterocycles. The summed E-state index contributed by atoms with van der Waals surface area (Å²) in [7, 11) is 0. The number of esters is 1. The zero-order valence-corrected chi connectivity index (χ0v) is 10.2. The van der Waals surface area contributed by atoms with Crippen LogP contribution in [0, 0.1) is 11.6 Å². The second-order valence-electron chi connectivity index (χ2n) is 4.58. The molecule has 0 saturated heterocycles. The molecule has 1 aromatic rings. The van der Waals surface area contributed by atoms with E-state index in [0.717, 1.165) is 12.1 Å². The Bertz CT molecular complexity index is 481. The monoisotopic (exact) mass is 257 g/mol. The number of hydrogen-bond acceptors (Lipinski definition) is 3. The molecule has 0 saturated carbocycles. The van der Waals surface area contributed by atoms with Gasteiger partial charge in [-0.2, -0.15) is 0 Å². The van der Waals surface area contributed by atoms with Crippen molar-refractivity contribution in [2.24, 2.45) is 0 Å². The molecular weight excluding hydrogens is 244 g/mol. The van der Waals surface area contributed by atoms with Gasteiger partial charge in [-0.15, -0.1) is 0 Å². The highest BCUT2D eigenvalue weighted by molar-refractivity contribution is 6.37. The van der Waals surface area contributed by atoms with Crippen molar-refractivity contribution < 1.29 is 23.1 Å². The molecule has 0 bridgehead atoms. The molecule has 0 fully saturated rings. The minimum absolute atomic E-state index is 0.285. The predicted molar refractivity (Wildman–Crippen MR) is 60.8 cm³/mol. The summed E-state index contributed by atoms with van der Waals surface area (Å²) >= 11 is 0. The van der Waals surface area contributed by atoms with Crippen LogP contribution in [0.3, 0.4) is 0 Å². The standard InChI is InChI=1S/C12H13F2NO3/c1-12(2,3)18-11(17)10(16)15-9-5-4-7(13)6-8(9)14/h4-6H,1-3H3,(H,15,16). The van der Waals surface area contributed by atoms with Crippen LogP contribution in [0.1, 0.15) is 20.8 Å². The molecule has 1 N–H and O–H groups in total. The highest BCUT2D eigenvalue weighted by Gasteiger charge is 2.23. The van der Waals surface area contributed by atoms with E-state index in [4.69, 9.17) is 4.74 Å². The van der Waals surface area contributed by atoms with Gasteiger partial charge < -0.3 is 10.1 Å². The maximum atomic E-state index is 13.2. The molecule has 0 aliphatic carbocycles. The summed E-state index contributed by atoms with van der Waals surface area (Å²) in [5.74, 6) is -3.99. The van der Waals surface area contributed by atoms with E-state index in [-0.39, 0.29) is 5.69 Å². The molecule has 0 spiro atoms. The van der Waals surface area contributed by atoms with Gasteiger partial charge in [0.25, 0.3) is 0 Å². The summed E-state index contributed by atoms with van der Waals surface area (Å²) < 4.78 is 30.6. The van der Waals surface area contributed by atoms with Gasteiger partial charge in [-0.3, -0.25) is 4.79 Å². The Morgan fingerprint density at radius 2 is 1.83 bits per heavy atom. The molecule has 0 aliphatic rings. The summed E-state index contributed by atoms with van der Waals surface area (Å²) in [6.45, 7) is 4.78. The van der Waals surface area contributed by atoms with Crippen molar-refractivity contribution in [3.05, 3.63) is 29.8 Å². The van der Waals surface area contributed by atoms with Crippen LogP contribution in [0.2, 0.25) is 0 Å². The summed E-state index contributed by atoms with van der Waals surface area (Å²) in [6.07, 6.45) is 0. The van der Waals surface area contributed by atoms with E-state index >= 15 is 0 Å². The predicted octanol–water partition coefficient (Wildman–Crippen LogP) is 2.25. The summed E-state index contributed by atoms with van der Waals surface area (Å²) in [6, 6.07) is 2.59. The maximum absolute atomic E-state index is 13.2. The van der Waals surface area contributed by atoms with Gasteiger partial charge in [-0.1, -0.05) is 0 Å². The number of ether oxygens (including phenoxy) is 1. The van der Waals surface area contributed by atoms with Gasteiger partial charge in [0.15, 0.2) is 0 Å². The fraction of sp³-hybridized carbons (Fsp3) is 0.333. The first-order valence-electron chi connectivity index (χ1n) is 5.18. The van der Waals surface area contributed by atoms with E-state index in [2.05, 4.69) is 0 Å². The van der Waals surface area contributed by atoms with Crippen molar-refractivity contribution in [3.8, 4) is 0 Å². The van der Waals surface area contributed by atoms with Crippen molar-refractivity contribution in [1.29, 1.82) is 0 Å². The van der Waals surface area contributed by atoms with E-state index in [1.54, 1.807) is 20.8 Å². The van der Waals surface area contributed by atoms with Crippen molar-refractivity contribution in [2.75, 3.05) is 5.32 Å². The third-order valence-corrected chi connectivity index (χ3v) is 1.76. The Morgan fingerprint density at radius 1 is 1.22 bits per heavy atom. The van der Waals surface area contributed by atoms with Crippen LogP contribution in [0.25, 0.3) is 0 Å². The molecule has 0 atom stereocenters. The zero-order chi connectivity index (χ0) is 13.9. The van der Waals surface area contributed by atoms with Crippen LogP contribution in [0.4, 0.5) is 14.5 Å². The van der Waals surface area contributed by atoms with E-state index in [1.807, 2.05) is 5.32 Å². The molecule has 6 heteroatoms. The number of benzene rings is 1. The molecule has 18 heavy (non-hydrogen) atoms. The van der Waals surface area contributed by atoms with Crippen LogP contribution in [-0.4, -0.2) is 17.5 Å². The second kappa shape index (κ2) is 5.12. The molecule has 0 heterocycles. The number of amides is 1. The van der Waals surface area contributed by atoms with Gasteiger partial charge in [0, 0.05) is 6.07 Å². The topological polar surface area (TPSA) is 55.4 Å². The normalized spacial score (nSPS) is 10.9. The Morgan fingerprint density at radius 3 is 2.33 bits per heavy atom. The summed E-state index contributed by atoms with van der Waals surface area (Å²) in [5, 5.41) is 2.00. The van der Waals surface area contributed by atoms with E-state index in [0.29, 0.717) is 6.07 Å². The SMILES string of the molecule is CC(C)(C)OC(=O)C(=O)Nc1ccc(F)cc1F. The van der Waals surface area contributed by atoms with Gasteiger partial charge in [-0.05, 0) is 32.9 Å². The lowest BCUT2D eigenvalue weighted by Gasteiger charge is -2.18. The Balaban J connectivity index is 2.73. The van der Waals surface area contributed by atoms with Crippen molar-refractivity contribution in [3.63, 3.8) is 0 Å². The summed E-state index contributed by atoms with van der Waals surface area (Å²) in [5.41, 5.74) is -1.11. The van der Waals surface area contributed by atoms with Crippen LogP contribution in [0.15, 0.2) is 18.2 Å². The number of hydrogen-bond donors (Lipinski definition) is 1. The smallest absolute Gasteiger partial charge is 0.397 e. The average Bonchev–Trinajstić information content (AvgIpc) is 2.19. The van der Waals surface area contributed by atoms with Crippen molar-refractivity contribution in [2.45, 2.75) is 26.4 Å². The van der Waals surface area contributed by atoms with E-state index < -0.39 is 29.1 Å². The number of rotatable bonds is 1. The van der Waals surface area contributed by atoms with Gasteiger partial charge >= 0.3 is 11.9 Å². The van der Waals surface area contributed by atoms with Crippen LogP contribution < -0.4 is 5.32 Å². The molecule has 98 valence electrons. The third-order valence-electron chi connectivity index (χ3n) is 1.76. The second-order valence-corrected chi connectivity index (χ2v) is 4.58. The fourth-order valence-corrected chi connectivity index (χ4v) is 1.09. The van der Waals surface area contributed by atoms with Crippen LogP contribution >= 0.6 is 0 Å². The average molecular weight is 257 g/mol. The largest absolute Gasteiger partial charge is 0.453 e. The number of halogens is 2. The molecule has 1 rings (SSSR count). The van der Waals surface area contributed by atoms with Crippen molar-refractivity contribution in [1.82, 2.24) is 0 Å². The minimum atomic E-state index is -1.13. The molecule has 1 amide bonds. The number of anilines is 1. The molecule has 0 unspecified atom stereocenters. The van der Waals surface area contributed by atoms with Gasteiger partial charge in [0.05, 0.1) is 5.69 Å². The lowest BCUT2D eigenvalue weighted by atomic mass is 10.2. The van der Waals surface area contributed by atoms with Crippen LogP contribution in [0.5, 0.6) is 0 Å². The van der Waals surface area contributed by atoms with Gasteiger partial charge in [0.2, 0.25) is 0 Å². The Hall–Kier alpha value is -1.98. The quantitative estimate of drug-likeness (QED) is 0.620. The first-order valence-corrected chi connectivity index (χ1v) is 5.18. The maximum Gasteiger partial charge on any atom is 0.397 e.